The topological polar surface area (TPSA) is 96.7 Å². The first-order valence-corrected chi connectivity index (χ1v) is 11.0. The fourth-order valence-corrected chi connectivity index (χ4v) is 4.44. The Morgan fingerprint density at radius 2 is 1.52 bits per heavy atom. The van der Waals surface area contributed by atoms with Gasteiger partial charge in [-0.05, 0) is 0 Å². The molecule has 1 aromatic heterocycles. The molecule has 3 aromatic carbocycles. The van der Waals surface area contributed by atoms with Crippen LogP contribution >= 0.6 is 0 Å². The number of hydrogen-bond donors (Lipinski definition) is 3. The minimum atomic E-state index is -0.151. The molecule has 0 aliphatic rings. The molecule has 0 aliphatic carbocycles. The fraction of sp³-hybridized carbons (Fsp3) is 0.0833. The molecule has 31 heavy (non-hydrogen) atoms. The average Bonchev–Trinajstić information content (AvgIpc) is 3.11. The Balaban J connectivity index is 1.81. The summed E-state index contributed by atoms with van der Waals surface area (Å²) in [5, 5.41) is 24.3. The van der Waals surface area contributed by atoms with Gasteiger partial charge in [-0.25, -0.2) is 0 Å². The van der Waals surface area contributed by atoms with Gasteiger partial charge in [0.1, 0.15) is 0 Å². The van der Waals surface area contributed by atoms with E-state index in [1.807, 2.05) is 66.4 Å². The van der Waals surface area contributed by atoms with Crippen molar-refractivity contribution in [2.45, 2.75) is 13.0 Å². The number of hydrogen-bond acceptors (Lipinski definition) is 5. The second kappa shape index (κ2) is 8.86. The Hall–Kier alpha value is -3.24. The van der Waals surface area contributed by atoms with Crippen LogP contribution in [0, 0.1) is 0 Å². The van der Waals surface area contributed by atoms with Crippen LogP contribution < -0.4 is 9.24 Å². The van der Waals surface area contributed by atoms with Crippen molar-refractivity contribution >= 4 is 44.1 Å². The van der Waals surface area contributed by atoms with E-state index in [-0.39, 0.29) is 17.5 Å². The van der Waals surface area contributed by atoms with Crippen molar-refractivity contribution in [2.75, 3.05) is 5.73 Å². The van der Waals surface area contributed by atoms with Crippen LogP contribution in [0.25, 0.3) is 22.5 Å². The van der Waals surface area contributed by atoms with E-state index in [9.17, 15) is 10.2 Å². The van der Waals surface area contributed by atoms with Gasteiger partial charge in [0, 0.05) is 0 Å². The van der Waals surface area contributed by atoms with Gasteiger partial charge >= 0.3 is 195 Å². The van der Waals surface area contributed by atoms with Crippen molar-refractivity contribution < 1.29 is 10.2 Å². The Bertz CT molecular complexity index is 1230. The molecule has 6 nitrogen and oxygen atoms in total. The van der Waals surface area contributed by atoms with Crippen molar-refractivity contribution in [1.29, 1.82) is 0 Å². The van der Waals surface area contributed by atoms with E-state index in [1.54, 1.807) is 47.3 Å². The van der Waals surface area contributed by atoms with Gasteiger partial charge in [-0.3, -0.25) is 0 Å². The maximum absolute atomic E-state index is 9.72. The van der Waals surface area contributed by atoms with Crippen LogP contribution in [0.5, 0.6) is 11.5 Å². The summed E-state index contributed by atoms with van der Waals surface area (Å²) in [6.45, 7) is 2.02. The maximum atomic E-state index is 9.72. The number of nitrogen functional groups attached to an aromatic ring is 1. The first kappa shape index (κ1) is 21.0. The van der Waals surface area contributed by atoms with Crippen molar-refractivity contribution in [3.8, 4) is 34.0 Å². The number of benzene rings is 3. The van der Waals surface area contributed by atoms with Crippen LogP contribution in [0.2, 0.25) is 0 Å². The Morgan fingerprint density at radius 3 is 2.13 bits per heavy atom. The standard InChI is InChI=1S/C24H21N4O2.Sb/c1-16(15-26-22-5-3-2-4-21(22)25)28-24(18-8-12-20(30)13-9-18)14-23(27-28)17-6-10-19(29)11-7-17;/h2-13,15-16,29-30H,25H2,1H3;. The Kier molecular flexibility index (Phi) is 6.01. The number of phenolic OH excluding ortho intramolecular Hbond substituents is 2. The first-order chi connectivity index (χ1) is 14.9. The molecule has 4 rings (SSSR count). The molecular weight excluding hydrogens is 498 g/mol. The molecule has 0 amide bonds. The summed E-state index contributed by atoms with van der Waals surface area (Å²) in [5.74, 6) is 0.426. The second-order valence-corrected chi connectivity index (χ2v) is 8.44. The zero-order chi connectivity index (χ0) is 22.0. The van der Waals surface area contributed by atoms with E-state index in [1.165, 1.54) is 0 Å². The van der Waals surface area contributed by atoms with Gasteiger partial charge in [0.25, 0.3) is 0 Å². The van der Waals surface area contributed by atoms with E-state index in [0.29, 0.717) is 11.4 Å². The van der Waals surface area contributed by atoms with Crippen molar-refractivity contribution in [3.63, 3.8) is 0 Å². The molecule has 0 saturated heterocycles. The molecule has 0 saturated carbocycles. The number of rotatable bonds is 5. The minimum absolute atomic E-state index is 0.151. The van der Waals surface area contributed by atoms with Crippen molar-refractivity contribution in [2.24, 2.45) is 4.99 Å². The summed E-state index contributed by atoms with van der Waals surface area (Å²) in [4.78, 5) is 4.57. The fourth-order valence-electron chi connectivity index (χ4n) is 3.28. The quantitative estimate of drug-likeness (QED) is 0.211. The summed E-state index contributed by atoms with van der Waals surface area (Å²) in [5.41, 5.74) is 11.0. The van der Waals surface area contributed by atoms with Gasteiger partial charge in [0.05, 0.1) is 0 Å². The molecule has 0 bridgehead atoms. The van der Waals surface area contributed by atoms with E-state index in [2.05, 4.69) is 4.99 Å². The normalized spacial score (nSPS) is 12.3. The number of phenols is 2. The number of nitrogens with two attached hydrogens (primary N) is 1. The molecule has 7 heteroatoms. The summed E-state index contributed by atoms with van der Waals surface area (Å²) in [6, 6.07) is 21.4. The van der Waals surface area contributed by atoms with Crippen molar-refractivity contribution in [3.05, 3.63) is 72.8 Å². The molecular formula is C24H21N4O2Sb. The molecule has 4 aromatic rings. The summed E-state index contributed by atoms with van der Waals surface area (Å²) < 4.78 is 2.98. The van der Waals surface area contributed by atoms with Crippen LogP contribution in [0.1, 0.15) is 13.0 Å². The van der Waals surface area contributed by atoms with Gasteiger partial charge in [-0.1, -0.05) is 0 Å². The van der Waals surface area contributed by atoms with Gasteiger partial charge in [-0.2, -0.15) is 0 Å². The molecule has 0 fully saturated rings. The summed E-state index contributed by atoms with van der Waals surface area (Å²) in [6.07, 6.45) is 1.83. The van der Waals surface area contributed by atoms with Crippen molar-refractivity contribution in [1.82, 2.24) is 9.78 Å². The van der Waals surface area contributed by atoms with Gasteiger partial charge in [-0.15, -0.1) is 0 Å². The average molecular weight is 519 g/mol. The van der Waals surface area contributed by atoms with Crippen LogP contribution in [0.3, 0.4) is 0 Å². The number of anilines is 1. The zero-order valence-electron chi connectivity index (χ0n) is 16.8. The number of para-hydroxylation sites is 2. The van der Waals surface area contributed by atoms with E-state index in [4.69, 9.17) is 10.8 Å². The molecule has 1 unspecified atom stereocenters. The number of aromatic nitrogens is 2. The second-order valence-electron chi connectivity index (χ2n) is 7.16. The third kappa shape index (κ3) is 4.44. The predicted molar refractivity (Wildman–Crippen MR) is 126 cm³/mol. The summed E-state index contributed by atoms with van der Waals surface area (Å²) >= 11 is 1.57. The molecule has 154 valence electrons. The monoisotopic (exact) mass is 518 g/mol. The molecule has 1 atom stereocenters. The van der Waals surface area contributed by atoms with Gasteiger partial charge in [0.15, 0.2) is 0 Å². The van der Waals surface area contributed by atoms with Crippen LogP contribution in [-0.4, -0.2) is 49.2 Å². The predicted octanol–water partition coefficient (Wildman–Crippen LogP) is 3.97. The molecule has 0 spiro atoms. The molecule has 1 heterocycles. The van der Waals surface area contributed by atoms with Gasteiger partial charge in [0.2, 0.25) is 0 Å². The van der Waals surface area contributed by atoms with Gasteiger partial charge < -0.3 is 0 Å². The van der Waals surface area contributed by atoms with Crippen LogP contribution in [0.15, 0.2) is 77.8 Å². The van der Waals surface area contributed by atoms with E-state index < -0.39 is 0 Å². The number of aliphatic imine (C=N–C) groups is 1. The van der Waals surface area contributed by atoms with Crippen LogP contribution in [0.4, 0.5) is 11.4 Å². The first-order valence-electron chi connectivity index (χ1n) is 9.73. The molecule has 0 aliphatic heterocycles. The van der Waals surface area contributed by atoms with Crippen LogP contribution in [-0.2, 0) is 0 Å². The Labute approximate surface area is 194 Å². The summed E-state index contributed by atoms with van der Waals surface area (Å²) in [7, 11) is 0. The molecule has 4 N–H and O–H groups in total. The van der Waals surface area contributed by atoms with E-state index >= 15 is 0 Å². The Morgan fingerprint density at radius 1 is 0.935 bits per heavy atom. The SMILES string of the molecule is CC(C=Nc1ccccc1N)n1nc(-c2ccc(O)cc2)[c]([Sb])c1-c1ccc(O)cc1. The third-order valence-electron chi connectivity index (χ3n) is 4.92. The molecule has 2 radical (unpaired) electrons. The zero-order valence-corrected chi connectivity index (χ0v) is 19.4. The third-order valence-corrected chi connectivity index (χ3v) is 6.13. The number of nitrogens with zero attached hydrogens (tertiary/aromatic N) is 3. The number of aromatic hydroxyl groups is 2. The van der Waals surface area contributed by atoms with E-state index in [0.717, 1.165) is 26.0 Å².